The van der Waals surface area contributed by atoms with E-state index in [-0.39, 0.29) is 12.5 Å². The van der Waals surface area contributed by atoms with Crippen molar-refractivity contribution in [1.82, 2.24) is 5.32 Å². The van der Waals surface area contributed by atoms with E-state index in [0.29, 0.717) is 25.3 Å². The molecule has 0 saturated carbocycles. The van der Waals surface area contributed by atoms with Crippen LogP contribution in [0.2, 0.25) is 0 Å². The van der Waals surface area contributed by atoms with Gasteiger partial charge in [0.25, 0.3) is 0 Å². The van der Waals surface area contributed by atoms with Crippen LogP contribution < -0.4 is 15.4 Å². The van der Waals surface area contributed by atoms with Gasteiger partial charge in [0.05, 0.1) is 6.61 Å². The predicted molar refractivity (Wildman–Crippen MR) is 76.2 cm³/mol. The Kier molecular flexibility index (Phi) is 6.36. The first-order chi connectivity index (χ1) is 9.52. The van der Waals surface area contributed by atoms with Crippen LogP contribution in [0.25, 0.3) is 0 Å². The minimum absolute atomic E-state index is 0.0410. The molecule has 0 aliphatic rings. The molecule has 0 unspecified atom stereocenters. The normalized spacial score (nSPS) is 9.90. The molecule has 0 saturated heterocycles. The number of rotatable bonds is 7. The second-order valence-corrected chi connectivity index (χ2v) is 4.29. The van der Waals surface area contributed by atoms with Gasteiger partial charge in [-0.1, -0.05) is 6.07 Å². The number of aryl methyl sites for hydroxylation is 1. The summed E-state index contributed by atoms with van der Waals surface area (Å²) in [4.78, 5) is 21.9. The van der Waals surface area contributed by atoms with Crippen molar-refractivity contribution in [1.29, 1.82) is 0 Å². The van der Waals surface area contributed by atoms with Gasteiger partial charge in [-0.3, -0.25) is 4.79 Å². The highest BCUT2D eigenvalue weighted by Gasteiger charge is 2.05. The number of amides is 2. The summed E-state index contributed by atoms with van der Waals surface area (Å²) >= 11 is 0. The lowest BCUT2D eigenvalue weighted by Crippen LogP contribution is -2.29. The van der Waals surface area contributed by atoms with E-state index in [9.17, 15) is 9.59 Å². The average molecular weight is 280 g/mol. The Bertz CT molecular complexity index is 474. The van der Waals surface area contributed by atoms with Crippen LogP contribution in [0, 0.1) is 6.92 Å². The van der Waals surface area contributed by atoms with Crippen molar-refractivity contribution in [3.63, 3.8) is 0 Å². The quantitative estimate of drug-likeness (QED) is 0.669. The molecule has 0 spiro atoms. The van der Waals surface area contributed by atoms with E-state index < -0.39 is 5.97 Å². The lowest BCUT2D eigenvalue weighted by Gasteiger charge is -2.11. The summed E-state index contributed by atoms with van der Waals surface area (Å²) < 4.78 is 5.45. The number of urea groups is 1. The molecule has 3 N–H and O–H groups in total. The molecular weight excluding hydrogens is 260 g/mol. The molecule has 0 heterocycles. The topological polar surface area (TPSA) is 87.7 Å². The van der Waals surface area contributed by atoms with E-state index in [4.69, 9.17) is 9.84 Å². The number of aliphatic carboxylic acids is 1. The SMILES string of the molecule is CCOc1cc(NC(=O)NCCCC(=O)O)ccc1C. The van der Waals surface area contributed by atoms with Gasteiger partial charge in [0.15, 0.2) is 0 Å². The van der Waals surface area contributed by atoms with Crippen molar-refractivity contribution in [2.24, 2.45) is 0 Å². The molecule has 0 aromatic heterocycles. The van der Waals surface area contributed by atoms with Crippen LogP contribution in [0.15, 0.2) is 18.2 Å². The van der Waals surface area contributed by atoms with E-state index in [1.165, 1.54) is 0 Å². The van der Waals surface area contributed by atoms with E-state index >= 15 is 0 Å². The zero-order valence-electron chi connectivity index (χ0n) is 11.7. The van der Waals surface area contributed by atoms with E-state index in [2.05, 4.69) is 10.6 Å². The third kappa shape index (κ3) is 5.60. The smallest absolute Gasteiger partial charge is 0.319 e. The van der Waals surface area contributed by atoms with E-state index in [1.54, 1.807) is 12.1 Å². The molecule has 110 valence electrons. The summed E-state index contributed by atoms with van der Waals surface area (Å²) in [5.74, 6) is -0.136. The number of ether oxygens (including phenoxy) is 1. The first-order valence-electron chi connectivity index (χ1n) is 6.53. The average Bonchev–Trinajstić information content (AvgIpc) is 2.39. The van der Waals surface area contributed by atoms with Gasteiger partial charge in [-0.15, -0.1) is 0 Å². The number of hydrogen-bond donors (Lipinski definition) is 3. The van der Waals surface area contributed by atoms with Gasteiger partial charge < -0.3 is 20.5 Å². The molecule has 1 rings (SSSR count). The number of carbonyl (C=O) groups excluding carboxylic acids is 1. The number of benzene rings is 1. The molecule has 0 aliphatic heterocycles. The molecule has 6 nitrogen and oxygen atoms in total. The van der Waals surface area contributed by atoms with Crippen LogP contribution in [-0.4, -0.2) is 30.3 Å². The Balaban J connectivity index is 2.45. The van der Waals surface area contributed by atoms with Gasteiger partial charge in [-0.05, 0) is 31.9 Å². The second-order valence-electron chi connectivity index (χ2n) is 4.29. The third-order valence-corrected chi connectivity index (χ3v) is 2.60. The molecule has 0 fully saturated rings. The Morgan fingerprint density at radius 2 is 2.10 bits per heavy atom. The zero-order chi connectivity index (χ0) is 15.0. The molecule has 6 heteroatoms. The Morgan fingerprint density at radius 3 is 2.75 bits per heavy atom. The van der Waals surface area contributed by atoms with Crippen molar-refractivity contribution >= 4 is 17.7 Å². The van der Waals surface area contributed by atoms with Gasteiger partial charge in [-0.25, -0.2) is 4.79 Å². The van der Waals surface area contributed by atoms with Crippen molar-refractivity contribution in [3.8, 4) is 5.75 Å². The molecule has 0 radical (unpaired) electrons. The summed E-state index contributed by atoms with van der Waals surface area (Å²) in [6.07, 6.45) is 0.445. The molecular formula is C14H20N2O4. The van der Waals surface area contributed by atoms with Crippen LogP contribution in [0.5, 0.6) is 5.75 Å². The third-order valence-electron chi connectivity index (χ3n) is 2.60. The number of hydrogen-bond acceptors (Lipinski definition) is 3. The minimum atomic E-state index is -0.868. The maximum atomic E-state index is 11.6. The van der Waals surface area contributed by atoms with Gasteiger partial charge in [-0.2, -0.15) is 0 Å². The monoisotopic (exact) mass is 280 g/mol. The zero-order valence-corrected chi connectivity index (χ0v) is 11.7. The molecule has 1 aromatic rings. The Hall–Kier alpha value is -2.24. The number of carboxylic acid groups (broad SMARTS) is 1. The van der Waals surface area contributed by atoms with Crippen molar-refractivity contribution < 1.29 is 19.4 Å². The highest BCUT2D eigenvalue weighted by molar-refractivity contribution is 5.89. The summed E-state index contributed by atoms with van der Waals surface area (Å²) in [7, 11) is 0. The summed E-state index contributed by atoms with van der Waals surface area (Å²) in [6.45, 7) is 4.71. The Labute approximate surface area is 118 Å². The first kappa shape index (κ1) is 15.8. The fourth-order valence-corrected chi connectivity index (χ4v) is 1.61. The van der Waals surface area contributed by atoms with Crippen molar-refractivity contribution in [2.45, 2.75) is 26.7 Å². The Morgan fingerprint density at radius 1 is 1.35 bits per heavy atom. The van der Waals surface area contributed by atoms with Crippen molar-refractivity contribution in [3.05, 3.63) is 23.8 Å². The predicted octanol–water partition coefficient (Wildman–Crippen LogP) is 2.38. The molecule has 0 atom stereocenters. The molecule has 2 amide bonds. The number of nitrogens with one attached hydrogen (secondary N) is 2. The van der Waals surface area contributed by atoms with Crippen LogP contribution >= 0.6 is 0 Å². The molecule has 0 bridgehead atoms. The standard InChI is InChI=1S/C14H20N2O4/c1-3-20-12-9-11(7-6-10(12)2)16-14(19)15-8-4-5-13(17)18/h6-7,9H,3-5,8H2,1-2H3,(H,17,18)(H2,15,16,19). The van der Waals surface area contributed by atoms with Gasteiger partial charge in [0.1, 0.15) is 5.75 Å². The van der Waals surface area contributed by atoms with Gasteiger partial charge in [0.2, 0.25) is 0 Å². The van der Waals surface area contributed by atoms with Crippen LogP contribution in [0.4, 0.5) is 10.5 Å². The number of anilines is 1. The second kappa shape index (κ2) is 8.04. The molecule has 1 aromatic carbocycles. The fraction of sp³-hybridized carbons (Fsp3) is 0.429. The number of carboxylic acids is 1. The maximum Gasteiger partial charge on any atom is 0.319 e. The van der Waals surface area contributed by atoms with Gasteiger partial charge >= 0.3 is 12.0 Å². The fourth-order valence-electron chi connectivity index (χ4n) is 1.61. The largest absolute Gasteiger partial charge is 0.494 e. The van der Waals surface area contributed by atoms with Crippen LogP contribution in [0.1, 0.15) is 25.3 Å². The minimum Gasteiger partial charge on any atom is -0.494 e. The number of carbonyl (C=O) groups is 2. The summed E-state index contributed by atoms with van der Waals surface area (Å²) in [6, 6.07) is 5.05. The molecule has 20 heavy (non-hydrogen) atoms. The van der Waals surface area contributed by atoms with Crippen LogP contribution in [-0.2, 0) is 4.79 Å². The highest BCUT2D eigenvalue weighted by Crippen LogP contribution is 2.22. The maximum absolute atomic E-state index is 11.6. The van der Waals surface area contributed by atoms with Crippen molar-refractivity contribution in [2.75, 3.05) is 18.5 Å². The summed E-state index contributed by atoms with van der Waals surface area (Å²) in [5, 5.41) is 13.8. The first-order valence-corrected chi connectivity index (χ1v) is 6.53. The van der Waals surface area contributed by atoms with Gasteiger partial charge in [0, 0.05) is 24.7 Å². The lowest BCUT2D eigenvalue weighted by atomic mass is 10.2. The lowest BCUT2D eigenvalue weighted by molar-refractivity contribution is -0.137. The molecule has 0 aliphatic carbocycles. The van der Waals surface area contributed by atoms with E-state index in [1.807, 2.05) is 19.9 Å². The van der Waals surface area contributed by atoms with E-state index in [0.717, 1.165) is 11.3 Å². The van der Waals surface area contributed by atoms with Crippen LogP contribution in [0.3, 0.4) is 0 Å². The highest BCUT2D eigenvalue weighted by atomic mass is 16.5. The summed E-state index contributed by atoms with van der Waals surface area (Å²) in [5.41, 5.74) is 1.63.